The van der Waals surface area contributed by atoms with Crippen LogP contribution in [0.5, 0.6) is 11.5 Å². The van der Waals surface area contributed by atoms with Crippen molar-refractivity contribution < 1.29 is 14.7 Å². The molecule has 1 rings (SSSR count). The number of benzene rings is 1. The molecule has 0 aromatic heterocycles. The van der Waals surface area contributed by atoms with Crippen molar-refractivity contribution in [2.24, 2.45) is 5.90 Å². The van der Waals surface area contributed by atoms with Crippen molar-refractivity contribution in [1.29, 1.82) is 0 Å². The van der Waals surface area contributed by atoms with Gasteiger partial charge in [-0.2, -0.15) is 5.90 Å². The van der Waals surface area contributed by atoms with Crippen LogP contribution in [0, 0.1) is 0 Å². The smallest absolute Gasteiger partial charge is 0.188 e. The van der Waals surface area contributed by atoms with E-state index in [4.69, 9.17) is 15.7 Å². The van der Waals surface area contributed by atoms with Crippen LogP contribution in [0.2, 0.25) is 0 Å². The summed E-state index contributed by atoms with van der Waals surface area (Å²) in [6.45, 7) is -0.0266. The molecule has 0 amide bonds. The summed E-state index contributed by atoms with van der Waals surface area (Å²) in [6, 6.07) is 5.03. The lowest BCUT2D eigenvalue weighted by Gasteiger charge is -2.06. The zero-order valence-corrected chi connectivity index (χ0v) is 6.78. The predicted molar refractivity (Wildman–Crippen MR) is 43.7 cm³/mol. The maximum absolute atomic E-state index is 8.79. The second kappa shape index (κ2) is 3.94. The van der Waals surface area contributed by atoms with E-state index in [-0.39, 0.29) is 6.61 Å². The third-order valence-corrected chi connectivity index (χ3v) is 1.54. The molecular weight excluding hydrogens is 158 g/mol. The molecule has 1 aromatic rings. The van der Waals surface area contributed by atoms with Crippen molar-refractivity contribution in [3.8, 4) is 11.5 Å². The number of aliphatic hydroxyl groups excluding tert-OH is 1. The van der Waals surface area contributed by atoms with Crippen LogP contribution >= 0.6 is 0 Å². The van der Waals surface area contributed by atoms with E-state index in [1.54, 1.807) is 18.2 Å². The summed E-state index contributed by atoms with van der Waals surface area (Å²) in [6.07, 6.45) is 0. The third-order valence-electron chi connectivity index (χ3n) is 1.54. The molecule has 0 fully saturated rings. The van der Waals surface area contributed by atoms with Crippen molar-refractivity contribution >= 4 is 0 Å². The van der Waals surface area contributed by atoms with E-state index >= 15 is 0 Å². The van der Waals surface area contributed by atoms with Crippen molar-refractivity contribution in [3.63, 3.8) is 0 Å². The molecule has 12 heavy (non-hydrogen) atoms. The molecule has 3 N–H and O–H groups in total. The summed E-state index contributed by atoms with van der Waals surface area (Å²) in [7, 11) is 1.51. The van der Waals surface area contributed by atoms with Gasteiger partial charge in [-0.15, -0.1) is 0 Å². The molecule has 4 nitrogen and oxygen atoms in total. The molecular formula is C8H11NO3. The Bertz CT molecular complexity index is 262. The van der Waals surface area contributed by atoms with Gasteiger partial charge in [-0.05, 0) is 17.7 Å². The number of ether oxygens (including phenoxy) is 1. The molecule has 0 aliphatic carbocycles. The second-order valence-corrected chi connectivity index (χ2v) is 2.26. The van der Waals surface area contributed by atoms with Gasteiger partial charge >= 0.3 is 0 Å². The first-order valence-electron chi connectivity index (χ1n) is 3.46. The van der Waals surface area contributed by atoms with E-state index in [2.05, 4.69) is 4.84 Å². The number of rotatable bonds is 3. The highest BCUT2D eigenvalue weighted by molar-refractivity contribution is 5.42. The van der Waals surface area contributed by atoms with Crippen LogP contribution in [-0.4, -0.2) is 12.2 Å². The SMILES string of the molecule is COc1cc(CO)ccc1ON. The molecule has 1 aromatic carbocycles. The highest BCUT2D eigenvalue weighted by Gasteiger charge is 2.03. The topological polar surface area (TPSA) is 64.7 Å². The van der Waals surface area contributed by atoms with Crippen molar-refractivity contribution in [2.75, 3.05) is 7.11 Å². The quantitative estimate of drug-likeness (QED) is 0.644. The Kier molecular flexibility index (Phi) is 2.90. The van der Waals surface area contributed by atoms with Crippen LogP contribution in [0.25, 0.3) is 0 Å². The molecule has 0 radical (unpaired) electrons. The number of methoxy groups -OCH3 is 1. The van der Waals surface area contributed by atoms with Crippen LogP contribution in [0.4, 0.5) is 0 Å². The van der Waals surface area contributed by atoms with Gasteiger partial charge in [-0.3, -0.25) is 0 Å². The lowest BCUT2D eigenvalue weighted by molar-refractivity contribution is 0.278. The van der Waals surface area contributed by atoms with E-state index in [1.807, 2.05) is 0 Å². The number of aliphatic hydroxyl groups is 1. The van der Waals surface area contributed by atoms with E-state index in [0.717, 1.165) is 5.56 Å². The third kappa shape index (κ3) is 1.66. The van der Waals surface area contributed by atoms with Crippen molar-refractivity contribution in [3.05, 3.63) is 23.8 Å². The van der Waals surface area contributed by atoms with Gasteiger partial charge in [-0.1, -0.05) is 6.07 Å². The monoisotopic (exact) mass is 169 g/mol. The molecule has 66 valence electrons. The summed E-state index contributed by atoms with van der Waals surface area (Å²) in [5, 5.41) is 8.79. The van der Waals surface area contributed by atoms with Gasteiger partial charge in [-0.25, -0.2) is 0 Å². The van der Waals surface area contributed by atoms with Gasteiger partial charge in [0.1, 0.15) is 0 Å². The fourth-order valence-corrected chi connectivity index (χ4v) is 0.908. The maximum atomic E-state index is 8.79. The van der Waals surface area contributed by atoms with Crippen LogP contribution < -0.4 is 15.5 Å². The van der Waals surface area contributed by atoms with Crippen molar-refractivity contribution in [1.82, 2.24) is 0 Å². The van der Waals surface area contributed by atoms with Crippen molar-refractivity contribution in [2.45, 2.75) is 6.61 Å². The van der Waals surface area contributed by atoms with Gasteiger partial charge < -0.3 is 14.7 Å². The van der Waals surface area contributed by atoms with Gasteiger partial charge in [0.15, 0.2) is 11.5 Å². The zero-order chi connectivity index (χ0) is 8.97. The number of hydrogen-bond acceptors (Lipinski definition) is 4. The van der Waals surface area contributed by atoms with Gasteiger partial charge in [0.05, 0.1) is 13.7 Å². The fraction of sp³-hybridized carbons (Fsp3) is 0.250. The minimum Gasteiger partial charge on any atom is -0.493 e. The molecule has 0 saturated carbocycles. The molecule has 0 bridgehead atoms. The minimum atomic E-state index is -0.0266. The fourth-order valence-electron chi connectivity index (χ4n) is 0.908. The van der Waals surface area contributed by atoms with Gasteiger partial charge in [0.25, 0.3) is 0 Å². The van der Waals surface area contributed by atoms with Gasteiger partial charge in [0.2, 0.25) is 0 Å². The number of nitrogens with two attached hydrogens (primary N) is 1. The number of hydrogen-bond donors (Lipinski definition) is 2. The largest absolute Gasteiger partial charge is 0.493 e. The summed E-state index contributed by atoms with van der Waals surface area (Å²) < 4.78 is 4.96. The first-order valence-corrected chi connectivity index (χ1v) is 3.46. The Labute approximate surface area is 70.5 Å². The highest BCUT2D eigenvalue weighted by Crippen LogP contribution is 2.26. The Hall–Kier alpha value is -1.26. The molecule has 0 spiro atoms. The highest BCUT2D eigenvalue weighted by atomic mass is 16.6. The average Bonchev–Trinajstić information content (AvgIpc) is 2.16. The summed E-state index contributed by atoms with van der Waals surface area (Å²) >= 11 is 0. The average molecular weight is 169 g/mol. The normalized spacial score (nSPS) is 9.58. The Morgan fingerprint density at radius 3 is 2.67 bits per heavy atom. The van der Waals surface area contributed by atoms with Crippen LogP contribution in [0.15, 0.2) is 18.2 Å². The van der Waals surface area contributed by atoms with E-state index in [1.165, 1.54) is 7.11 Å². The summed E-state index contributed by atoms with van der Waals surface area (Å²) in [4.78, 5) is 4.53. The lowest BCUT2D eigenvalue weighted by atomic mass is 10.2. The minimum absolute atomic E-state index is 0.0266. The predicted octanol–water partition coefficient (Wildman–Crippen LogP) is 0.440. The standard InChI is InChI=1S/C8H11NO3/c1-11-8-4-6(5-10)2-3-7(8)12-9/h2-4,10H,5,9H2,1H3. The first kappa shape index (κ1) is 8.83. The molecule has 0 heterocycles. The van der Waals surface area contributed by atoms with Crippen LogP contribution in [0.3, 0.4) is 0 Å². The zero-order valence-electron chi connectivity index (χ0n) is 6.78. The van der Waals surface area contributed by atoms with E-state index in [0.29, 0.717) is 11.5 Å². The van der Waals surface area contributed by atoms with Crippen LogP contribution in [-0.2, 0) is 6.61 Å². The summed E-state index contributed by atoms with van der Waals surface area (Å²) in [5.41, 5.74) is 0.757. The lowest BCUT2D eigenvalue weighted by Crippen LogP contribution is -2.03. The maximum Gasteiger partial charge on any atom is 0.188 e. The Balaban J connectivity index is 3.02. The second-order valence-electron chi connectivity index (χ2n) is 2.26. The molecule has 0 aliphatic heterocycles. The Morgan fingerprint density at radius 2 is 2.17 bits per heavy atom. The van der Waals surface area contributed by atoms with E-state index < -0.39 is 0 Å². The first-order chi connectivity index (χ1) is 5.81. The van der Waals surface area contributed by atoms with E-state index in [9.17, 15) is 0 Å². The molecule has 0 saturated heterocycles. The van der Waals surface area contributed by atoms with Crippen LogP contribution in [0.1, 0.15) is 5.56 Å². The molecule has 0 unspecified atom stereocenters. The molecule has 0 atom stereocenters. The molecule has 0 aliphatic rings. The Morgan fingerprint density at radius 1 is 1.42 bits per heavy atom. The molecule has 4 heteroatoms. The van der Waals surface area contributed by atoms with Gasteiger partial charge in [0, 0.05) is 0 Å². The summed E-state index contributed by atoms with van der Waals surface area (Å²) in [5.74, 6) is 5.95.